The van der Waals surface area contributed by atoms with Gasteiger partial charge in [-0.1, -0.05) is 11.2 Å². The number of rotatable bonds is 8. The number of hydrogen-bond acceptors (Lipinski definition) is 6. The molecule has 8 heteroatoms. The van der Waals surface area contributed by atoms with Crippen LogP contribution < -0.4 is 14.8 Å². The Morgan fingerprint density at radius 2 is 2.19 bits per heavy atom. The van der Waals surface area contributed by atoms with Gasteiger partial charge in [0.05, 0.1) is 13.3 Å². The third-order valence-corrected chi connectivity index (χ3v) is 3.73. The van der Waals surface area contributed by atoms with Crippen molar-refractivity contribution in [3.63, 3.8) is 0 Å². The van der Waals surface area contributed by atoms with E-state index in [1.54, 1.807) is 25.6 Å². The lowest BCUT2D eigenvalue weighted by molar-refractivity contribution is 0.0944. The van der Waals surface area contributed by atoms with E-state index in [1.165, 1.54) is 0 Å². The largest absolute Gasteiger partial charge is 0.493 e. The normalized spacial score (nSPS) is 10.5. The zero-order valence-electron chi connectivity index (χ0n) is 14.6. The second kappa shape index (κ2) is 8.19. The van der Waals surface area contributed by atoms with Crippen LogP contribution in [0.15, 0.2) is 41.2 Å². The molecule has 0 bridgehead atoms. The topological polar surface area (TPSA) is 102 Å². The van der Waals surface area contributed by atoms with Crippen molar-refractivity contribution in [1.82, 2.24) is 20.7 Å². The van der Waals surface area contributed by atoms with Crippen molar-refractivity contribution >= 4 is 5.91 Å². The van der Waals surface area contributed by atoms with E-state index < -0.39 is 0 Å². The summed E-state index contributed by atoms with van der Waals surface area (Å²) in [6.07, 6.45) is 4.19. The van der Waals surface area contributed by atoms with Gasteiger partial charge in [-0.3, -0.25) is 9.89 Å². The van der Waals surface area contributed by atoms with Crippen LogP contribution in [0.4, 0.5) is 0 Å². The SMILES string of the molecule is COc1cc(C)ccc1OCc1cc(C(=O)NCCc2cn[nH]c2)no1. The highest BCUT2D eigenvalue weighted by atomic mass is 16.5. The van der Waals surface area contributed by atoms with Gasteiger partial charge in [-0.25, -0.2) is 0 Å². The predicted octanol–water partition coefficient (Wildman–Crippen LogP) is 2.27. The first-order valence-electron chi connectivity index (χ1n) is 8.14. The summed E-state index contributed by atoms with van der Waals surface area (Å²) in [5.74, 6) is 1.39. The van der Waals surface area contributed by atoms with Gasteiger partial charge >= 0.3 is 0 Å². The van der Waals surface area contributed by atoms with Crippen molar-refractivity contribution in [2.24, 2.45) is 0 Å². The lowest BCUT2D eigenvalue weighted by atomic mass is 10.2. The summed E-state index contributed by atoms with van der Waals surface area (Å²) in [4.78, 5) is 12.1. The van der Waals surface area contributed by atoms with Crippen LogP contribution in [0, 0.1) is 6.92 Å². The van der Waals surface area contributed by atoms with Crippen molar-refractivity contribution in [3.8, 4) is 11.5 Å². The van der Waals surface area contributed by atoms with Gasteiger partial charge in [-0.2, -0.15) is 5.10 Å². The molecule has 1 amide bonds. The van der Waals surface area contributed by atoms with Crippen molar-refractivity contribution < 1.29 is 18.8 Å². The van der Waals surface area contributed by atoms with E-state index in [4.69, 9.17) is 14.0 Å². The molecule has 0 aliphatic heterocycles. The maximum atomic E-state index is 12.1. The Labute approximate surface area is 150 Å². The van der Waals surface area contributed by atoms with Crippen LogP contribution in [-0.4, -0.2) is 34.9 Å². The molecule has 0 fully saturated rings. The fraction of sp³-hybridized carbons (Fsp3) is 0.278. The average Bonchev–Trinajstić information content (AvgIpc) is 3.32. The standard InChI is InChI=1S/C18H20N4O4/c1-12-3-4-16(17(7-12)24-2)25-11-14-8-15(22-26-14)18(23)19-6-5-13-9-20-21-10-13/h3-4,7-10H,5-6,11H2,1-2H3,(H,19,23)(H,20,21). The van der Waals surface area contributed by atoms with Crippen LogP contribution in [0.2, 0.25) is 0 Å². The Kier molecular flexibility index (Phi) is 5.52. The molecule has 2 aromatic heterocycles. The molecule has 26 heavy (non-hydrogen) atoms. The first kappa shape index (κ1) is 17.5. The molecule has 0 aliphatic carbocycles. The van der Waals surface area contributed by atoms with Gasteiger partial charge in [0.25, 0.3) is 5.91 Å². The van der Waals surface area contributed by atoms with Crippen LogP contribution in [0.3, 0.4) is 0 Å². The number of H-pyrrole nitrogens is 1. The molecule has 0 radical (unpaired) electrons. The molecule has 2 heterocycles. The minimum atomic E-state index is -0.295. The van der Waals surface area contributed by atoms with Crippen molar-refractivity contribution in [2.45, 2.75) is 20.0 Å². The summed E-state index contributed by atoms with van der Waals surface area (Å²) in [6, 6.07) is 7.20. The van der Waals surface area contributed by atoms with Gasteiger partial charge in [0.2, 0.25) is 0 Å². The summed E-state index contributed by atoms with van der Waals surface area (Å²) >= 11 is 0. The second-order valence-corrected chi connectivity index (χ2v) is 5.73. The molecule has 0 unspecified atom stereocenters. The van der Waals surface area contributed by atoms with E-state index in [9.17, 15) is 4.79 Å². The summed E-state index contributed by atoms with van der Waals surface area (Å²) < 4.78 is 16.1. The molecule has 0 saturated heterocycles. The lowest BCUT2D eigenvalue weighted by Gasteiger charge is -2.09. The molecular formula is C18H20N4O4. The van der Waals surface area contributed by atoms with Gasteiger partial charge in [0.15, 0.2) is 23.0 Å². The minimum Gasteiger partial charge on any atom is -0.493 e. The zero-order chi connectivity index (χ0) is 18.4. The highest BCUT2D eigenvalue weighted by Gasteiger charge is 2.13. The van der Waals surface area contributed by atoms with Gasteiger partial charge < -0.3 is 19.3 Å². The Morgan fingerprint density at radius 3 is 2.96 bits per heavy atom. The number of carbonyl (C=O) groups excluding carboxylic acids is 1. The van der Waals surface area contributed by atoms with Gasteiger partial charge in [0, 0.05) is 18.8 Å². The van der Waals surface area contributed by atoms with Gasteiger partial charge in [0.1, 0.15) is 6.61 Å². The van der Waals surface area contributed by atoms with E-state index >= 15 is 0 Å². The number of aromatic nitrogens is 3. The molecule has 0 spiro atoms. The van der Waals surface area contributed by atoms with E-state index in [2.05, 4.69) is 20.7 Å². The van der Waals surface area contributed by atoms with Gasteiger partial charge in [-0.05, 0) is 36.6 Å². The number of amides is 1. The molecule has 8 nitrogen and oxygen atoms in total. The molecule has 1 aromatic carbocycles. The summed E-state index contributed by atoms with van der Waals surface area (Å²) in [7, 11) is 1.59. The third-order valence-electron chi connectivity index (χ3n) is 3.73. The molecular weight excluding hydrogens is 336 g/mol. The molecule has 3 aromatic rings. The molecule has 0 saturated carbocycles. The third kappa shape index (κ3) is 4.41. The number of hydrogen-bond donors (Lipinski definition) is 2. The van der Waals surface area contributed by atoms with E-state index in [0.29, 0.717) is 30.2 Å². The number of methoxy groups -OCH3 is 1. The maximum Gasteiger partial charge on any atom is 0.273 e. The maximum absolute atomic E-state index is 12.1. The summed E-state index contributed by atoms with van der Waals surface area (Å²) in [5, 5.41) is 13.2. The predicted molar refractivity (Wildman–Crippen MR) is 93.2 cm³/mol. The molecule has 2 N–H and O–H groups in total. The summed E-state index contributed by atoms with van der Waals surface area (Å²) in [5.41, 5.74) is 2.31. The minimum absolute atomic E-state index is 0.148. The molecule has 0 aliphatic rings. The van der Waals surface area contributed by atoms with Crippen LogP contribution in [0.5, 0.6) is 11.5 Å². The fourth-order valence-electron chi connectivity index (χ4n) is 2.36. The van der Waals surface area contributed by atoms with Crippen LogP contribution in [-0.2, 0) is 13.0 Å². The number of ether oxygens (including phenoxy) is 2. The van der Waals surface area contributed by atoms with Crippen molar-refractivity contribution in [2.75, 3.05) is 13.7 Å². The number of aromatic amines is 1. The second-order valence-electron chi connectivity index (χ2n) is 5.73. The molecule has 136 valence electrons. The van der Waals surface area contributed by atoms with E-state index in [-0.39, 0.29) is 18.2 Å². The highest BCUT2D eigenvalue weighted by Crippen LogP contribution is 2.28. The first-order valence-corrected chi connectivity index (χ1v) is 8.14. The average molecular weight is 356 g/mol. The Bertz CT molecular complexity index is 858. The zero-order valence-corrected chi connectivity index (χ0v) is 14.6. The smallest absolute Gasteiger partial charge is 0.273 e. The first-order chi connectivity index (χ1) is 12.7. The number of carbonyl (C=O) groups is 1. The highest BCUT2D eigenvalue weighted by molar-refractivity contribution is 5.92. The number of nitrogens with zero attached hydrogens (tertiary/aromatic N) is 2. The van der Waals surface area contributed by atoms with Crippen molar-refractivity contribution in [3.05, 3.63) is 59.2 Å². The van der Waals surface area contributed by atoms with Crippen LogP contribution >= 0.6 is 0 Å². The lowest BCUT2D eigenvalue weighted by Crippen LogP contribution is -2.25. The summed E-state index contributed by atoms with van der Waals surface area (Å²) in [6.45, 7) is 2.60. The van der Waals surface area contributed by atoms with Crippen LogP contribution in [0.1, 0.15) is 27.4 Å². The Hall–Kier alpha value is -3.29. The monoisotopic (exact) mass is 356 g/mol. The quantitative estimate of drug-likeness (QED) is 0.642. The number of nitrogens with one attached hydrogen (secondary N) is 2. The van der Waals surface area contributed by atoms with Gasteiger partial charge in [-0.15, -0.1) is 0 Å². The number of aryl methyl sites for hydroxylation is 1. The van der Waals surface area contributed by atoms with Crippen LogP contribution in [0.25, 0.3) is 0 Å². The fourth-order valence-corrected chi connectivity index (χ4v) is 2.36. The van der Waals surface area contributed by atoms with E-state index in [1.807, 2.05) is 25.1 Å². The molecule has 0 atom stereocenters. The van der Waals surface area contributed by atoms with E-state index in [0.717, 1.165) is 11.1 Å². The molecule has 3 rings (SSSR count). The Balaban J connectivity index is 1.52. The Morgan fingerprint density at radius 1 is 1.31 bits per heavy atom. The number of benzene rings is 1. The van der Waals surface area contributed by atoms with Crippen molar-refractivity contribution in [1.29, 1.82) is 0 Å².